The van der Waals surface area contributed by atoms with Gasteiger partial charge in [-0.1, -0.05) is 11.3 Å². The Kier molecular flexibility index (Phi) is 4.88. The molecule has 4 nitrogen and oxygen atoms in total. The van der Waals surface area contributed by atoms with Crippen molar-refractivity contribution in [2.45, 2.75) is 18.2 Å². The Bertz CT molecular complexity index is 1090. The van der Waals surface area contributed by atoms with Crippen molar-refractivity contribution in [1.29, 1.82) is 0 Å². The summed E-state index contributed by atoms with van der Waals surface area (Å²) in [7, 11) is 0. The average molecular weight is 404 g/mol. The Morgan fingerprint density at radius 1 is 1.08 bits per heavy atom. The fourth-order valence-electron chi connectivity index (χ4n) is 2.51. The van der Waals surface area contributed by atoms with Crippen molar-refractivity contribution in [2.24, 2.45) is 0 Å². The molecule has 1 amide bonds. The van der Waals surface area contributed by atoms with Crippen molar-refractivity contribution < 1.29 is 9.18 Å². The van der Waals surface area contributed by atoms with Crippen LogP contribution in [0.2, 0.25) is 0 Å². The minimum Gasteiger partial charge on any atom is -0.302 e. The zero-order valence-electron chi connectivity index (χ0n) is 13.8. The van der Waals surface area contributed by atoms with Crippen molar-refractivity contribution in [3.05, 3.63) is 47.2 Å². The predicted molar refractivity (Wildman–Crippen MR) is 108 cm³/mol. The fraction of sp³-hybridized carbons (Fsp3) is 0.167. The van der Waals surface area contributed by atoms with Gasteiger partial charge in [-0.05, 0) is 43.3 Å². The molecule has 132 valence electrons. The number of nitrogens with zero attached hydrogens (tertiary/aromatic N) is 2. The van der Waals surface area contributed by atoms with Crippen LogP contribution in [0.15, 0.2) is 41.3 Å². The quantitative estimate of drug-likeness (QED) is 0.449. The third-order valence-corrected chi connectivity index (χ3v) is 6.83. The van der Waals surface area contributed by atoms with Crippen LogP contribution in [0.5, 0.6) is 0 Å². The average Bonchev–Trinajstić information content (AvgIpc) is 3.18. The molecule has 0 aliphatic rings. The maximum atomic E-state index is 12.9. The second-order valence-corrected chi connectivity index (χ2v) is 8.99. The summed E-state index contributed by atoms with van der Waals surface area (Å²) in [6.07, 6.45) is 0.368. The van der Waals surface area contributed by atoms with Crippen LogP contribution < -0.4 is 5.32 Å². The van der Waals surface area contributed by atoms with Gasteiger partial charge in [-0.3, -0.25) is 4.79 Å². The lowest BCUT2D eigenvalue weighted by atomic mass is 10.3. The van der Waals surface area contributed by atoms with Crippen molar-refractivity contribution in [1.82, 2.24) is 9.97 Å². The molecule has 2 aromatic carbocycles. The molecule has 1 N–H and O–H groups in total. The number of aromatic nitrogens is 2. The van der Waals surface area contributed by atoms with Crippen LogP contribution in [0, 0.1) is 12.7 Å². The second kappa shape index (κ2) is 7.30. The van der Waals surface area contributed by atoms with Crippen molar-refractivity contribution in [3.8, 4) is 0 Å². The number of amides is 1. The Balaban J connectivity index is 1.40. The summed E-state index contributed by atoms with van der Waals surface area (Å²) in [6.45, 7) is 1.99. The van der Waals surface area contributed by atoms with Crippen molar-refractivity contribution >= 4 is 65.9 Å². The molecule has 0 bridgehead atoms. The largest absolute Gasteiger partial charge is 0.302 e. The van der Waals surface area contributed by atoms with Gasteiger partial charge >= 0.3 is 0 Å². The topological polar surface area (TPSA) is 54.9 Å². The number of fused-ring (bicyclic) bond motifs is 3. The number of anilines is 1. The number of carbonyl (C=O) groups excluding carboxylic acids is 1. The van der Waals surface area contributed by atoms with Crippen molar-refractivity contribution in [3.63, 3.8) is 0 Å². The summed E-state index contributed by atoms with van der Waals surface area (Å²) >= 11 is 4.65. The first-order valence-electron chi connectivity index (χ1n) is 7.93. The molecule has 4 rings (SSSR count). The highest BCUT2D eigenvalue weighted by molar-refractivity contribution is 7.99. The Labute approximate surface area is 161 Å². The lowest BCUT2D eigenvalue weighted by Crippen LogP contribution is -2.11. The van der Waals surface area contributed by atoms with E-state index >= 15 is 0 Å². The molecule has 0 atom stereocenters. The molecule has 4 aromatic rings. The maximum absolute atomic E-state index is 12.9. The molecule has 0 aliphatic carbocycles. The number of halogens is 1. The first-order valence-corrected chi connectivity index (χ1v) is 10.6. The van der Waals surface area contributed by atoms with Crippen LogP contribution in [0.1, 0.15) is 11.4 Å². The summed E-state index contributed by atoms with van der Waals surface area (Å²) in [5.41, 5.74) is 1.85. The lowest BCUT2D eigenvalue weighted by Gasteiger charge is -2.02. The molecule has 26 heavy (non-hydrogen) atoms. The highest BCUT2D eigenvalue weighted by Gasteiger charge is 2.12. The minimum atomic E-state index is -0.256. The first-order chi connectivity index (χ1) is 12.6. The summed E-state index contributed by atoms with van der Waals surface area (Å²) in [4.78, 5) is 22.1. The smallest absolute Gasteiger partial charge is 0.226 e. The fourth-order valence-corrected chi connectivity index (χ4v) is 5.39. The van der Waals surface area contributed by atoms with E-state index in [1.165, 1.54) is 35.2 Å². The molecule has 0 aliphatic heterocycles. The van der Waals surface area contributed by atoms with E-state index in [9.17, 15) is 9.18 Å². The molecule has 0 unspecified atom stereocenters. The van der Waals surface area contributed by atoms with Crippen LogP contribution in [0.4, 0.5) is 9.52 Å². The van der Waals surface area contributed by atoms with E-state index in [0.717, 1.165) is 30.3 Å². The number of thioether (sulfide) groups is 1. The minimum absolute atomic E-state index is 0.0737. The molecule has 2 heterocycles. The van der Waals surface area contributed by atoms with Gasteiger partial charge in [0.15, 0.2) is 5.13 Å². The summed E-state index contributed by atoms with van der Waals surface area (Å²) in [6, 6.07) is 10.2. The zero-order valence-corrected chi connectivity index (χ0v) is 16.2. The van der Waals surface area contributed by atoms with Gasteiger partial charge in [-0.15, -0.1) is 23.1 Å². The molecule has 0 spiro atoms. The number of nitrogens with one attached hydrogen (secondary N) is 1. The number of aryl methyl sites for hydroxylation is 1. The van der Waals surface area contributed by atoms with Gasteiger partial charge < -0.3 is 5.32 Å². The maximum Gasteiger partial charge on any atom is 0.226 e. The SMILES string of the molecule is Cc1nc2ccc3nc(NC(=O)CCSc4ccc(F)cc4)sc3c2s1. The van der Waals surface area contributed by atoms with Gasteiger partial charge in [-0.2, -0.15) is 0 Å². The normalized spacial score (nSPS) is 11.3. The van der Waals surface area contributed by atoms with Gasteiger partial charge in [0.05, 0.1) is 25.4 Å². The number of carbonyl (C=O) groups is 1. The highest BCUT2D eigenvalue weighted by atomic mass is 32.2. The Morgan fingerprint density at radius 3 is 2.54 bits per heavy atom. The van der Waals surface area contributed by atoms with E-state index in [1.54, 1.807) is 23.5 Å². The molecular formula is C18H14FN3OS3. The van der Waals surface area contributed by atoms with Crippen molar-refractivity contribution in [2.75, 3.05) is 11.1 Å². The number of thiazole rings is 2. The van der Waals surface area contributed by atoms with Crippen LogP contribution in [0.25, 0.3) is 20.4 Å². The summed E-state index contributed by atoms with van der Waals surface area (Å²) < 4.78 is 15.1. The molecule has 2 aromatic heterocycles. The van der Waals surface area contributed by atoms with E-state index in [4.69, 9.17) is 0 Å². The highest BCUT2D eigenvalue weighted by Crippen LogP contribution is 2.35. The lowest BCUT2D eigenvalue weighted by molar-refractivity contribution is -0.115. The summed E-state index contributed by atoms with van der Waals surface area (Å²) in [5, 5.41) is 4.50. The van der Waals surface area contributed by atoms with Gasteiger partial charge in [0.1, 0.15) is 5.82 Å². The van der Waals surface area contributed by atoms with Gasteiger partial charge in [0.2, 0.25) is 5.91 Å². The third-order valence-electron chi connectivity index (χ3n) is 3.68. The van der Waals surface area contributed by atoms with E-state index in [0.29, 0.717) is 17.3 Å². The molecular weight excluding hydrogens is 389 g/mol. The third kappa shape index (κ3) is 3.72. The molecule has 0 saturated heterocycles. The number of rotatable bonds is 5. The molecule has 0 saturated carbocycles. The number of benzene rings is 2. The Morgan fingerprint density at radius 2 is 1.77 bits per heavy atom. The van der Waals surface area contributed by atoms with Crippen LogP contribution in [-0.2, 0) is 4.79 Å². The van der Waals surface area contributed by atoms with Gasteiger partial charge in [0.25, 0.3) is 0 Å². The summed E-state index contributed by atoms with van der Waals surface area (Å²) in [5.74, 6) is 0.296. The van der Waals surface area contributed by atoms with Gasteiger partial charge in [0, 0.05) is 17.1 Å². The molecule has 0 radical (unpaired) electrons. The molecule has 8 heteroatoms. The van der Waals surface area contributed by atoms with Crippen LogP contribution in [-0.4, -0.2) is 21.6 Å². The van der Waals surface area contributed by atoms with E-state index in [1.807, 2.05) is 19.1 Å². The number of hydrogen-bond donors (Lipinski definition) is 1. The molecule has 0 fully saturated rings. The van der Waals surface area contributed by atoms with Crippen LogP contribution in [0.3, 0.4) is 0 Å². The van der Waals surface area contributed by atoms with E-state index < -0.39 is 0 Å². The standard InChI is InChI=1S/C18H14FN3OS3/c1-10-20-13-6-7-14-17(16(13)25-10)26-18(21-14)22-15(23)8-9-24-12-4-2-11(19)3-5-12/h2-7H,8-9H2,1H3,(H,21,22,23). The first kappa shape index (κ1) is 17.4. The Hall–Kier alpha value is -2.03. The zero-order chi connectivity index (χ0) is 18.1. The number of hydrogen-bond acceptors (Lipinski definition) is 6. The van der Waals surface area contributed by atoms with Gasteiger partial charge in [-0.25, -0.2) is 14.4 Å². The predicted octanol–water partition coefficient (Wildman–Crippen LogP) is 5.47. The van der Waals surface area contributed by atoms with E-state index in [-0.39, 0.29) is 11.7 Å². The van der Waals surface area contributed by atoms with E-state index in [2.05, 4.69) is 15.3 Å². The second-order valence-electron chi connectivity index (χ2n) is 5.61. The monoisotopic (exact) mass is 403 g/mol. The van der Waals surface area contributed by atoms with Crippen LogP contribution >= 0.6 is 34.4 Å².